The second-order valence-corrected chi connectivity index (χ2v) is 4.00. The first-order chi connectivity index (χ1) is 9.19. The number of urea groups is 1. The Bertz CT molecular complexity index is 693. The molecule has 0 atom stereocenters. The van der Waals surface area contributed by atoms with Gasteiger partial charge in [0.1, 0.15) is 0 Å². The highest BCUT2D eigenvalue weighted by molar-refractivity contribution is 6.07. The molecule has 0 radical (unpaired) electrons. The van der Waals surface area contributed by atoms with E-state index in [2.05, 4.69) is 15.4 Å². The van der Waals surface area contributed by atoms with Crippen molar-refractivity contribution in [1.29, 1.82) is 0 Å². The van der Waals surface area contributed by atoms with Crippen LogP contribution < -0.4 is 10.2 Å². The lowest BCUT2D eigenvalue weighted by Crippen LogP contribution is -2.49. The first-order valence-corrected chi connectivity index (χ1v) is 5.61. The van der Waals surface area contributed by atoms with E-state index in [-0.39, 0.29) is 24.7 Å². The van der Waals surface area contributed by atoms with E-state index in [0.29, 0.717) is 17.6 Å². The van der Waals surface area contributed by atoms with Gasteiger partial charge in [0, 0.05) is 19.2 Å². The number of fused-ring (bicyclic) bond motifs is 1. The van der Waals surface area contributed by atoms with Crippen LogP contribution in [-0.4, -0.2) is 39.4 Å². The Morgan fingerprint density at radius 1 is 1.37 bits per heavy atom. The lowest BCUT2D eigenvalue weighted by atomic mass is 10.2. The van der Waals surface area contributed by atoms with E-state index in [4.69, 9.17) is 0 Å². The highest BCUT2D eigenvalue weighted by Crippen LogP contribution is 2.21. The van der Waals surface area contributed by atoms with Crippen molar-refractivity contribution < 1.29 is 14.4 Å². The summed E-state index contributed by atoms with van der Waals surface area (Å²) in [4.78, 5) is 39.1. The number of carbonyl (C=O) groups is 3. The van der Waals surface area contributed by atoms with Gasteiger partial charge in [0.25, 0.3) is 0 Å². The van der Waals surface area contributed by atoms with E-state index in [9.17, 15) is 14.4 Å². The predicted octanol–water partition coefficient (Wildman–Crippen LogP) is -0.0119. The summed E-state index contributed by atoms with van der Waals surface area (Å²) < 4.78 is 1.42. The fraction of sp³-hybridized carbons (Fsp3) is 0.182. The number of nitrogens with zero attached hydrogens (tertiary/aromatic N) is 4. The number of anilines is 1. The van der Waals surface area contributed by atoms with Crippen molar-refractivity contribution in [2.45, 2.75) is 6.42 Å². The molecule has 0 unspecified atom stereocenters. The lowest BCUT2D eigenvalue weighted by Gasteiger charge is -2.26. The van der Waals surface area contributed by atoms with Gasteiger partial charge in [0.05, 0.1) is 5.69 Å². The van der Waals surface area contributed by atoms with E-state index in [1.165, 1.54) is 9.42 Å². The number of amides is 3. The van der Waals surface area contributed by atoms with Crippen LogP contribution in [0, 0.1) is 0 Å². The monoisotopic (exact) mass is 259 g/mol. The van der Waals surface area contributed by atoms with E-state index >= 15 is 0 Å². The number of hydrogen-bond donors (Lipinski definition) is 1. The minimum Gasteiger partial charge on any atom is -0.294 e. The molecule has 0 bridgehead atoms. The summed E-state index contributed by atoms with van der Waals surface area (Å²) in [5.74, 6) is -0.260. The van der Waals surface area contributed by atoms with E-state index < -0.39 is 6.03 Å². The molecule has 19 heavy (non-hydrogen) atoms. The van der Waals surface area contributed by atoms with Crippen molar-refractivity contribution in [2.75, 3.05) is 11.4 Å². The summed E-state index contributed by atoms with van der Waals surface area (Å²) in [5, 5.41) is 6.17. The fourth-order valence-electron chi connectivity index (χ4n) is 1.96. The predicted molar refractivity (Wildman–Crippen MR) is 63.9 cm³/mol. The van der Waals surface area contributed by atoms with Crippen LogP contribution in [0.25, 0.3) is 5.65 Å². The van der Waals surface area contributed by atoms with Crippen molar-refractivity contribution in [2.24, 2.45) is 0 Å². The van der Waals surface area contributed by atoms with Crippen LogP contribution in [0.5, 0.6) is 0 Å². The maximum atomic E-state index is 11.8. The van der Waals surface area contributed by atoms with E-state index in [1.54, 1.807) is 18.3 Å². The molecule has 0 aromatic carbocycles. The normalized spacial score (nSPS) is 15.7. The molecule has 3 rings (SSSR count). The Morgan fingerprint density at radius 2 is 2.21 bits per heavy atom. The zero-order valence-corrected chi connectivity index (χ0v) is 9.74. The Hall–Kier alpha value is -2.77. The second-order valence-electron chi connectivity index (χ2n) is 4.00. The summed E-state index contributed by atoms with van der Waals surface area (Å²) in [7, 11) is 0. The first kappa shape index (κ1) is 11.3. The molecule has 1 N–H and O–H groups in total. The molecule has 2 aromatic rings. The number of aldehydes is 1. The van der Waals surface area contributed by atoms with Crippen molar-refractivity contribution in [1.82, 2.24) is 19.9 Å². The summed E-state index contributed by atoms with van der Waals surface area (Å²) in [6.45, 7) is 0.271. The number of aromatic nitrogens is 3. The topological polar surface area (TPSA) is 96.7 Å². The number of carbonyl (C=O) groups excluding carboxylic acids is 3. The van der Waals surface area contributed by atoms with Gasteiger partial charge >= 0.3 is 6.03 Å². The van der Waals surface area contributed by atoms with Crippen LogP contribution in [-0.2, 0) is 4.79 Å². The standard InChI is InChI=1S/C11H9N5O3/c17-6-8-12-10-7(2-1-4-16(10)14-8)15-5-3-9(18)13-11(15)19/h1-2,4,6H,3,5H2,(H,13,18,19). The van der Waals surface area contributed by atoms with Crippen LogP contribution in [0.1, 0.15) is 17.0 Å². The van der Waals surface area contributed by atoms with Gasteiger partial charge in [0.2, 0.25) is 11.7 Å². The zero-order chi connectivity index (χ0) is 13.4. The average molecular weight is 259 g/mol. The van der Waals surface area contributed by atoms with Gasteiger partial charge in [-0.2, -0.15) is 0 Å². The first-order valence-electron chi connectivity index (χ1n) is 5.61. The minimum atomic E-state index is -0.500. The third-order valence-electron chi connectivity index (χ3n) is 2.81. The Balaban J connectivity index is 2.09. The van der Waals surface area contributed by atoms with Gasteiger partial charge in [-0.25, -0.2) is 14.3 Å². The molecular formula is C11H9N5O3. The van der Waals surface area contributed by atoms with Gasteiger partial charge in [-0.15, -0.1) is 5.10 Å². The van der Waals surface area contributed by atoms with Crippen molar-refractivity contribution in [3.63, 3.8) is 0 Å². The van der Waals surface area contributed by atoms with Crippen molar-refractivity contribution in [3.05, 3.63) is 24.2 Å². The molecule has 0 saturated carbocycles. The highest BCUT2D eigenvalue weighted by Gasteiger charge is 2.26. The average Bonchev–Trinajstić information content (AvgIpc) is 2.82. The quantitative estimate of drug-likeness (QED) is 0.765. The molecule has 8 heteroatoms. The van der Waals surface area contributed by atoms with Gasteiger partial charge in [-0.05, 0) is 12.1 Å². The Morgan fingerprint density at radius 3 is 2.95 bits per heavy atom. The maximum absolute atomic E-state index is 11.8. The molecule has 1 fully saturated rings. The van der Waals surface area contributed by atoms with Crippen LogP contribution in [0.2, 0.25) is 0 Å². The summed E-state index contributed by atoms with van der Waals surface area (Å²) in [6.07, 6.45) is 2.39. The molecule has 3 heterocycles. The molecule has 0 aliphatic carbocycles. The third-order valence-corrected chi connectivity index (χ3v) is 2.81. The second kappa shape index (κ2) is 4.16. The SMILES string of the molecule is O=Cc1nc2c(N3CCC(=O)NC3=O)cccn2n1. The number of imide groups is 1. The van der Waals surface area contributed by atoms with Crippen LogP contribution >= 0.6 is 0 Å². The van der Waals surface area contributed by atoms with Crippen molar-refractivity contribution >= 4 is 29.6 Å². The Kier molecular flexibility index (Phi) is 2.48. The molecule has 0 spiro atoms. The number of rotatable bonds is 2. The van der Waals surface area contributed by atoms with Gasteiger partial charge in [-0.3, -0.25) is 19.8 Å². The van der Waals surface area contributed by atoms with Gasteiger partial charge < -0.3 is 0 Å². The number of pyridine rings is 1. The van der Waals surface area contributed by atoms with Crippen molar-refractivity contribution in [3.8, 4) is 0 Å². The number of nitrogens with one attached hydrogen (secondary N) is 1. The van der Waals surface area contributed by atoms with Gasteiger partial charge in [-0.1, -0.05) is 0 Å². The van der Waals surface area contributed by atoms with E-state index in [0.717, 1.165) is 0 Å². The van der Waals surface area contributed by atoms with Crippen LogP contribution in [0.3, 0.4) is 0 Å². The van der Waals surface area contributed by atoms with Gasteiger partial charge in [0.15, 0.2) is 11.9 Å². The summed E-state index contributed by atoms with van der Waals surface area (Å²) in [6, 6.07) is 2.88. The van der Waals surface area contributed by atoms with Crippen LogP contribution in [0.15, 0.2) is 18.3 Å². The summed E-state index contributed by atoms with van der Waals surface area (Å²) in [5.41, 5.74) is 0.905. The molecule has 96 valence electrons. The molecule has 8 nitrogen and oxygen atoms in total. The fourth-order valence-corrected chi connectivity index (χ4v) is 1.96. The highest BCUT2D eigenvalue weighted by atomic mass is 16.2. The lowest BCUT2D eigenvalue weighted by molar-refractivity contribution is -0.120. The van der Waals surface area contributed by atoms with Crippen LogP contribution in [0.4, 0.5) is 10.5 Å². The smallest absolute Gasteiger partial charge is 0.294 e. The molecular weight excluding hydrogens is 250 g/mol. The largest absolute Gasteiger partial charge is 0.328 e. The molecule has 3 amide bonds. The number of hydrogen-bond acceptors (Lipinski definition) is 5. The maximum Gasteiger partial charge on any atom is 0.328 e. The van der Waals surface area contributed by atoms with E-state index in [1.807, 2.05) is 0 Å². The molecule has 1 aliphatic heterocycles. The Labute approximate surface area is 107 Å². The molecule has 1 aliphatic rings. The minimum absolute atomic E-state index is 0.0425. The summed E-state index contributed by atoms with van der Waals surface area (Å²) >= 11 is 0. The molecule has 2 aromatic heterocycles. The third kappa shape index (κ3) is 1.82. The molecule has 1 saturated heterocycles. The zero-order valence-electron chi connectivity index (χ0n) is 9.74.